The Bertz CT molecular complexity index is 1440. The average molecular weight is 607 g/mol. The molecule has 0 aliphatic carbocycles. The second-order valence-electron chi connectivity index (χ2n) is 10.2. The van der Waals surface area contributed by atoms with Gasteiger partial charge in [-0.3, -0.25) is 13.9 Å². The Labute approximate surface area is 245 Å². The van der Waals surface area contributed by atoms with E-state index in [2.05, 4.69) is 5.32 Å². The van der Waals surface area contributed by atoms with E-state index < -0.39 is 34.1 Å². The summed E-state index contributed by atoms with van der Waals surface area (Å²) in [6.07, 6.45) is 0. The highest BCUT2D eigenvalue weighted by Gasteiger charge is 2.33. The van der Waals surface area contributed by atoms with Gasteiger partial charge < -0.3 is 15.0 Å². The zero-order valence-electron chi connectivity index (χ0n) is 23.0. The smallest absolute Gasteiger partial charge is 0.264 e. The van der Waals surface area contributed by atoms with Crippen molar-refractivity contribution in [2.45, 2.75) is 50.7 Å². The van der Waals surface area contributed by atoms with Crippen LogP contribution in [-0.2, 0) is 26.2 Å². The summed E-state index contributed by atoms with van der Waals surface area (Å²) in [6, 6.07) is 18.0. The number of ether oxygens (including phenoxy) is 1. The zero-order valence-corrected chi connectivity index (χ0v) is 25.3. The van der Waals surface area contributed by atoms with Crippen LogP contribution in [0.25, 0.3) is 0 Å². The molecule has 8 nitrogen and oxygen atoms in total. The standard InChI is InChI=1S/C29H33Cl2N3O5S/c1-20(28(36)32-29(2,3)4)33(18-21-8-6-7-9-26(21)31)27(35)19-34(23-12-10-22(30)11-13-23)40(37,38)25-16-14-24(39-5)15-17-25/h6-17,20H,18-19H2,1-5H3,(H,32,36)/t20-/m0/s1. The van der Waals surface area contributed by atoms with Gasteiger partial charge in [0.15, 0.2) is 0 Å². The summed E-state index contributed by atoms with van der Waals surface area (Å²) in [4.78, 5) is 28.4. The first-order valence-electron chi connectivity index (χ1n) is 12.5. The van der Waals surface area contributed by atoms with E-state index in [-0.39, 0.29) is 23.0 Å². The summed E-state index contributed by atoms with van der Waals surface area (Å²) in [5, 5.41) is 3.72. The van der Waals surface area contributed by atoms with Gasteiger partial charge in [-0.2, -0.15) is 0 Å². The van der Waals surface area contributed by atoms with Gasteiger partial charge in [-0.25, -0.2) is 8.42 Å². The summed E-state index contributed by atoms with van der Waals surface area (Å²) in [5.74, 6) is -0.495. The second-order valence-corrected chi connectivity index (χ2v) is 12.9. The fraction of sp³-hybridized carbons (Fsp3) is 0.310. The molecular weight excluding hydrogens is 573 g/mol. The van der Waals surface area contributed by atoms with Crippen molar-refractivity contribution in [3.05, 3.63) is 88.4 Å². The summed E-state index contributed by atoms with van der Waals surface area (Å²) >= 11 is 12.4. The Kier molecular flexibility index (Phi) is 10.1. The lowest BCUT2D eigenvalue weighted by Crippen LogP contribution is -2.54. The minimum Gasteiger partial charge on any atom is -0.497 e. The molecule has 3 rings (SSSR count). The number of halogens is 2. The van der Waals surface area contributed by atoms with Crippen LogP contribution < -0.4 is 14.4 Å². The number of sulfonamides is 1. The van der Waals surface area contributed by atoms with Gasteiger partial charge in [-0.1, -0.05) is 41.4 Å². The summed E-state index contributed by atoms with van der Waals surface area (Å²) in [5.41, 5.74) is 0.305. The normalized spacial score (nSPS) is 12.4. The van der Waals surface area contributed by atoms with Gasteiger partial charge in [0.1, 0.15) is 18.3 Å². The van der Waals surface area contributed by atoms with Crippen molar-refractivity contribution in [3.8, 4) is 5.75 Å². The quantitative estimate of drug-likeness (QED) is 0.328. The van der Waals surface area contributed by atoms with Crippen molar-refractivity contribution in [1.29, 1.82) is 0 Å². The van der Waals surface area contributed by atoms with E-state index in [0.29, 0.717) is 21.4 Å². The molecule has 1 atom stereocenters. The van der Waals surface area contributed by atoms with Crippen molar-refractivity contribution < 1.29 is 22.7 Å². The number of carbonyl (C=O) groups excluding carboxylic acids is 2. The maximum atomic E-state index is 14.0. The number of methoxy groups -OCH3 is 1. The first kappa shape index (κ1) is 31.3. The third-order valence-electron chi connectivity index (χ3n) is 6.00. The number of hydrogen-bond donors (Lipinski definition) is 1. The summed E-state index contributed by atoms with van der Waals surface area (Å²) in [6.45, 7) is 6.52. The molecule has 0 heterocycles. The Hall–Kier alpha value is -3.27. The molecule has 1 N–H and O–H groups in total. The number of rotatable bonds is 10. The minimum absolute atomic E-state index is 0.00568. The van der Waals surface area contributed by atoms with Crippen LogP contribution in [0.3, 0.4) is 0 Å². The molecule has 0 aliphatic rings. The van der Waals surface area contributed by atoms with Gasteiger partial charge in [0.2, 0.25) is 11.8 Å². The monoisotopic (exact) mass is 605 g/mol. The molecule has 0 spiro atoms. The fourth-order valence-corrected chi connectivity index (χ4v) is 5.61. The minimum atomic E-state index is -4.22. The molecular formula is C29H33Cl2N3O5S. The summed E-state index contributed by atoms with van der Waals surface area (Å²) < 4.78 is 33.9. The first-order chi connectivity index (χ1) is 18.7. The van der Waals surface area contributed by atoms with E-state index in [1.807, 2.05) is 20.8 Å². The molecule has 0 aliphatic heterocycles. The van der Waals surface area contributed by atoms with E-state index >= 15 is 0 Å². The lowest BCUT2D eigenvalue weighted by molar-refractivity contribution is -0.140. The fourth-order valence-electron chi connectivity index (χ4n) is 3.88. The molecule has 11 heteroatoms. The van der Waals surface area contributed by atoms with E-state index in [1.165, 1.54) is 48.4 Å². The maximum absolute atomic E-state index is 14.0. The molecule has 0 saturated heterocycles. The molecule has 0 aromatic heterocycles. The molecule has 0 radical (unpaired) electrons. The van der Waals surface area contributed by atoms with Crippen molar-refractivity contribution in [2.24, 2.45) is 0 Å². The van der Waals surface area contributed by atoms with Crippen LogP contribution in [0.4, 0.5) is 5.69 Å². The third-order valence-corrected chi connectivity index (χ3v) is 8.41. The van der Waals surface area contributed by atoms with Crippen molar-refractivity contribution in [3.63, 3.8) is 0 Å². The largest absolute Gasteiger partial charge is 0.497 e. The van der Waals surface area contributed by atoms with Crippen LogP contribution in [-0.4, -0.2) is 50.4 Å². The third kappa shape index (κ3) is 7.90. The maximum Gasteiger partial charge on any atom is 0.264 e. The van der Waals surface area contributed by atoms with E-state index in [1.54, 1.807) is 43.3 Å². The van der Waals surface area contributed by atoms with E-state index in [4.69, 9.17) is 27.9 Å². The molecule has 3 aromatic rings. The Morgan fingerprint density at radius 3 is 2.10 bits per heavy atom. The number of amides is 2. The lowest BCUT2D eigenvalue weighted by atomic mass is 10.1. The molecule has 0 saturated carbocycles. The van der Waals surface area contributed by atoms with Crippen LogP contribution in [0.2, 0.25) is 10.0 Å². The predicted molar refractivity (Wildman–Crippen MR) is 158 cm³/mol. The van der Waals surface area contributed by atoms with Gasteiger partial charge in [-0.05, 0) is 87.9 Å². The molecule has 40 heavy (non-hydrogen) atoms. The molecule has 0 bridgehead atoms. The van der Waals surface area contributed by atoms with Gasteiger partial charge in [0.25, 0.3) is 10.0 Å². The van der Waals surface area contributed by atoms with E-state index in [0.717, 1.165) is 4.31 Å². The van der Waals surface area contributed by atoms with Crippen LogP contribution in [0.5, 0.6) is 5.75 Å². The molecule has 214 valence electrons. The van der Waals surface area contributed by atoms with Gasteiger partial charge in [0.05, 0.1) is 17.7 Å². The highest BCUT2D eigenvalue weighted by molar-refractivity contribution is 7.92. The molecule has 3 aromatic carbocycles. The number of anilines is 1. The molecule has 2 amide bonds. The molecule has 0 unspecified atom stereocenters. The zero-order chi connectivity index (χ0) is 29.7. The number of hydrogen-bond acceptors (Lipinski definition) is 5. The summed E-state index contributed by atoms with van der Waals surface area (Å²) in [7, 11) is -2.74. The number of nitrogens with one attached hydrogen (secondary N) is 1. The molecule has 0 fully saturated rings. The first-order valence-corrected chi connectivity index (χ1v) is 14.7. The Balaban J connectivity index is 2.04. The van der Waals surface area contributed by atoms with Crippen molar-refractivity contribution in [1.82, 2.24) is 10.2 Å². The topological polar surface area (TPSA) is 96.0 Å². The van der Waals surface area contributed by atoms with Crippen molar-refractivity contribution in [2.75, 3.05) is 18.0 Å². The van der Waals surface area contributed by atoms with Gasteiger partial charge in [0, 0.05) is 22.1 Å². The van der Waals surface area contributed by atoms with Crippen molar-refractivity contribution >= 4 is 50.7 Å². The predicted octanol–water partition coefficient (Wildman–Crippen LogP) is 5.53. The Morgan fingerprint density at radius 2 is 1.55 bits per heavy atom. The van der Waals surface area contributed by atoms with Crippen LogP contribution in [0.15, 0.2) is 77.7 Å². The second kappa shape index (κ2) is 12.9. The van der Waals surface area contributed by atoms with Crippen LogP contribution in [0.1, 0.15) is 33.3 Å². The van der Waals surface area contributed by atoms with Crippen LogP contribution in [0, 0.1) is 0 Å². The van der Waals surface area contributed by atoms with Gasteiger partial charge in [-0.15, -0.1) is 0 Å². The highest BCUT2D eigenvalue weighted by Crippen LogP contribution is 2.27. The van der Waals surface area contributed by atoms with Gasteiger partial charge >= 0.3 is 0 Å². The Morgan fingerprint density at radius 1 is 0.950 bits per heavy atom. The SMILES string of the molecule is COc1ccc(S(=O)(=O)N(CC(=O)N(Cc2ccccc2Cl)[C@@H](C)C(=O)NC(C)(C)C)c2ccc(Cl)cc2)cc1. The number of nitrogens with zero attached hydrogens (tertiary/aromatic N) is 2. The average Bonchev–Trinajstić information content (AvgIpc) is 2.90. The number of carbonyl (C=O) groups is 2. The highest BCUT2D eigenvalue weighted by atomic mass is 35.5. The lowest BCUT2D eigenvalue weighted by Gasteiger charge is -2.33. The van der Waals surface area contributed by atoms with Crippen LogP contribution >= 0.6 is 23.2 Å². The van der Waals surface area contributed by atoms with E-state index in [9.17, 15) is 18.0 Å². The number of benzene rings is 3.